The van der Waals surface area contributed by atoms with E-state index in [0.717, 1.165) is 0 Å². The van der Waals surface area contributed by atoms with Crippen molar-refractivity contribution in [3.63, 3.8) is 0 Å². The lowest BCUT2D eigenvalue weighted by Crippen LogP contribution is -2.11. The second-order valence-corrected chi connectivity index (χ2v) is 1.71. The number of carbonyl (C=O) groups excluding carboxylic acids is 1. The third-order valence-electron chi connectivity index (χ3n) is 1.03. The van der Waals surface area contributed by atoms with Gasteiger partial charge in [0.05, 0.1) is 11.8 Å². The molecule has 52 valence electrons. The number of hydrogen-bond donors (Lipinski definition) is 1. The van der Waals surface area contributed by atoms with Crippen LogP contribution in [0.3, 0.4) is 0 Å². The Kier molecular flexibility index (Phi) is 1.53. The molecule has 4 heteroatoms. The molecule has 0 saturated heterocycles. The van der Waals surface area contributed by atoms with Crippen molar-refractivity contribution in [2.45, 2.75) is 0 Å². The van der Waals surface area contributed by atoms with Crippen LogP contribution in [0.15, 0.2) is 23.6 Å². The van der Waals surface area contributed by atoms with Crippen LogP contribution in [0.2, 0.25) is 0 Å². The molecule has 0 unspecified atom stereocenters. The van der Waals surface area contributed by atoms with Gasteiger partial charge >= 0.3 is 0 Å². The molecule has 1 aromatic heterocycles. The maximum atomic E-state index is 10.4. The van der Waals surface area contributed by atoms with Gasteiger partial charge in [-0.05, 0) is 0 Å². The fourth-order valence-corrected chi connectivity index (χ4v) is 0.486. The van der Waals surface area contributed by atoms with Crippen molar-refractivity contribution < 1.29 is 9.21 Å². The highest BCUT2D eigenvalue weighted by Gasteiger charge is 2.06. The fourth-order valence-electron chi connectivity index (χ4n) is 0.486. The minimum Gasteiger partial charge on any atom is -0.443 e. The van der Waals surface area contributed by atoms with Gasteiger partial charge in [0.25, 0.3) is 5.91 Å². The third-order valence-corrected chi connectivity index (χ3v) is 1.03. The zero-order valence-corrected chi connectivity index (χ0v) is 5.20. The summed E-state index contributed by atoms with van der Waals surface area (Å²) in [6, 6.07) is 0. The summed E-state index contributed by atoms with van der Waals surface area (Å²) < 4.78 is 4.75. The van der Waals surface area contributed by atoms with Gasteiger partial charge in [0.15, 0.2) is 12.2 Å². The van der Waals surface area contributed by atoms with Crippen molar-refractivity contribution in [1.82, 2.24) is 4.98 Å². The number of nitrogens with zero attached hydrogens (tertiary/aromatic N) is 1. The first-order chi connectivity index (χ1) is 4.72. The van der Waals surface area contributed by atoms with Crippen LogP contribution in [0, 0.1) is 0 Å². The van der Waals surface area contributed by atoms with Crippen molar-refractivity contribution >= 4 is 11.5 Å². The Morgan fingerprint density at radius 1 is 1.80 bits per heavy atom. The van der Waals surface area contributed by atoms with Crippen LogP contribution >= 0.6 is 0 Å². The molecule has 4 nitrogen and oxygen atoms in total. The van der Waals surface area contributed by atoms with Gasteiger partial charge in [0.1, 0.15) is 0 Å². The molecule has 0 bridgehead atoms. The molecule has 1 aromatic rings. The quantitative estimate of drug-likeness (QED) is 0.592. The number of nitrogens with two attached hydrogens (primary N) is 1. The first-order valence-corrected chi connectivity index (χ1v) is 2.59. The van der Waals surface area contributed by atoms with Crippen LogP contribution in [0.25, 0.3) is 5.57 Å². The van der Waals surface area contributed by atoms with Crippen LogP contribution < -0.4 is 5.73 Å². The molecule has 0 saturated carbocycles. The largest absolute Gasteiger partial charge is 0.443 e. The van der Waals surface area contributed by atoms with E-state index in [4.69, 9.17) is 10.2 Å². The van der Waals surface area contributed by atoms with Crippen molar-refractivity contribution in [1.29, 1.82) is 0 Å². The van der Waals surface area contributed by atoms with Gasteiger partial charge in [-0.3, -0.25) is 4.79 Å². The van der Waals surface area contributed by atoms with Gasteiger partial charge in [-0.25, -0.2) is 4.98 Å². The fraction of sp³-hybridized carbons (Fsp3) is 0. The van der Waals surface area contributed by atoms with E-state index in [1.807, 2.05) is 0 Å². The van der Waals surface area contributed by atoms with E-state index >= 15 is 0 Å². The molecule has 1 rings (SSSR count). The summed E-state index contributed by atoms with van der Waals surface area (Å²) >= 11 is 0. The topological polar surface area (TPSA) is 69.1 Å². The average Bonchev–Trinajstić information content (AvgIpc) is 2.36. The van der Waals surface area contributed by atoms with E-state index in [1.54, 1.807) is 0 Å². The van der Waals surface area contributed by atoms with E-state index < -0.39 is 5.91 Å². The lowest BCUT2D eigenvalue weighted by atomic mass is 10.2. The smallest absolute Gasteiger partial charge is 0.251 e. The Morgan fingerprint density at radius 3 is 2.90 bits per heavy atom. The highest BCUT2D eigenvalue weighted by Crippen LogP contribution is 2.08. The SMILES string of the molecule is C=C(C(N)=O)c1cnco1. The summed E-state index contributed by atoms with van der Waals surface area (Å²) in [6.07, 6.45) is 2.59. The molecule has 0 aliphatic heterocycles. The van der Waals surface area contributed by atoms with Crippen molar-refractivity contribution in [3.8, 4) is 0 Å². The lowest BCUT2D eigenvalue weighted by Gasteiger charge is -1.91. The minimum absolute atomic E-state index is 0.137. The number of amides is 1. The van der Waals surface area contributed by atoms with Gasteiger partial charge < -0.3 is 10.2 Å². The van der Waals surface area contributed by atoms with Crippen LogP contribution in [0.5, 0.6) is 0 Å². The van der Waals surface area contributed by atoms with Crippen molar-refractivity contribution in [3.05, 3.63) is 24.9 Å². The molecule has 0 spiro atoms. The van der Waals surface area contributed by atoms with Crippen LogP contribution in [-0.2, 0) is 4.79 Å². The second kappa shape index (κ2) is 2.34. The predicted octanol–water partition coefficient (Wildman–Crippen LogP) is 0.173. The predicted molar refractivity (Wildman–Crippen MR) is 34.7 cm³/mol. The molecule has 0 atom stereocenters. The van der Waals surface area contributed by atoms with Gasteiger partial charge in [0, 0.05) is 0 Å². The molecule has 0 aromatic carbocycles. The molecular formula is C6H6N2O2. The van der Waals surface area contributed by atoms with E-state index in [0.29, 0.717) is 5.76 Å². The number of primary amides is 1. The minimum atomic E-state index is -0.600. The van der Waals surface area contributed by atoms with E-state index in [1.165, 1.54) is 12.6 Å². The van der Waals surface area contributed by atoms with E-state index in [2.05, 4.69) is 11.6 Å². The molecule has 0 fully saturated rings. The van der Waals surface area contributed by atoms with Crippen molar-refractivity contribution in [2.24, 2.45) is 5.73 Å². The molecule has 1 heterocycles. The lowest BCUT2D eigenvalue weighted by molar-refractivity contribution is -0.112. The molecular weight excluding hydrogens is 132 g/mol. The zero-order chi connectivity index (χ0) is 7.56. The molecule has 2 N–H and O–H groups in total. The van der Waals surface area contributed by atoms with Crippen molar-refractivity contribution in [2.75, 3.05) is 0 Å². The number of hydrogen-bond acceptors (Lipinski definition) is 3. The highest BCUT2D eigenvalue weighted by atomic mass is 16.3. The summed E-state index contributed by atoms with van der Waals surface area (Å²) in [5.74, 6) is -0.288. The number of carbonyl (C=O) groups is 1. The monoisotopic (exact) mass is 138 g/mol. The van der Waals surface area contributed by atoms with Gasteiger partial charge in [-0.1, -0.05) is 6.58 Å². The second-order valence-electron chi connectivity index (χ2n) is 1.71. The normalized spacial score (nSPS) is 9.20. The Labute approximate surface area is 57.4 Å². The summed E-state index contributed by atoms with van der Waals surface area (Å²) in [4.78, 5) is 14.0. The van der Waals surface area contributed by atoms with Gasteiger partial charge in [-0.2, -0.15) is 0 Å². The zero-order valence-electron chi connectivity index (χ0n) is 5.20. The number of aromatic nitrogens is 1. The highest BCUT2D eigenvalue weighted by molar-refractivity contribution is 6.16. The van der Waals surface area contributed by atoms with Gasteiger partial charge in [-0.15, -0.1) is 0 Å². The Balaban J connectivity index is 2.88. The average molecular weight is 138 g/mol. The Morgan fingerprint density at radius 2 is 2.50 bits per heavy atom. The molecule has 0 aliphatic rings. The summed E-state index contributed by atoms with van der Waals surface area (Å²) in [7, 11) is 0. The number of rotatable bonds is 2. The standard InChI is InChI=1S/C6H6N2O2/c1-4(6(7)9)5-2-8-3-10-5/h2-3H,1H2,(H2,7,9). The molecule has 1 amide bonds. The van der Waals surface area contributed by atoms with Crippen LogP contribution in [0.4, 0.5) is 0 Å². The molecule has 0 aliphatic carbocycles. The Hall–Kier alpha value is -1.58. The molecule has 0 radical (unpaired) electrons. The van der Waals surface area contributed by atoms with Gasteiger partial charge in [0.2, 0.25) is 0 Å². The van der Waals surface area contributed by atoms with Crippen LogP contribution in [-0.4, -0.2) is 10.9 Å². The summed E-state index contributed by atoms with van der Waals surface area (Å²) in [5, 5.41) is 0. The molecule has 10 heavy (non-hydrogen) atoms. The third kappa shape index (κ3) is 1.05. The summed E-state index contributed by atoms with van der Waals surface area (Å²) in [5.41, 5.74) is 5.04. The van der Waals surface area contributed by atoms with E-state index in [-0.39, 0.29) is 5.57 Å². The first-order valence-electron chi connectivity index (χ1n) is 2.59. The Bertz CT molecular complexity index is 251. The maximum absolute atomic E-state index is 10.4. The maximum Gasteiger partial charge on any atom is 0.251 e. The summed E-state index contributed by atoms with van der Waals surface area (Å²) in [6.45, 7) is 3.39. The first kappa shape index (κ1) is 6.54. The number of oxazole rings is 1. The van der Waals surface area contributed by atoms with E-state index in [9.17, 15) is 4.79 Å². The van der Waals surface area contributed by atoms with Crippen LogP contribution in [0.1, 0.15) is 5.76 Å².